The highest BCUT2D eigenvalue weighted by Crippen LogP contribution is 2.71. The van der Waals surface area contributed by atoms with Crippen LogP contribution in [0.1, 0.15) is 86.5 Å². The summed E-state index contributed by atoms with van der Waals surface area (Å²) in [5, 5.41) is 11.5. The zero-order valence-corrected chi connectivity index (χ0v) is 20.7. The molecule has 0 aromatic carbocycles. The van der Waals surface area contributed by atoms with E-state index >= 15 is 0 Å². The largest absolute Gasteiger partial charge is 0.459 e. The second-order valence-corrected chi connectivity index (χ2v) is 12.8. The van der Waals surface area contributed by atoms with Crippen LogP contribution in [0.4, 0.5) is 0 Å². The predicted molar refractivity (Wildman–Crippen MR) is 120 cm³/mol. The van der Waals surface area contributed by atoms with Crippen molar-refractivity contribution in [2.75, 3.05) is 0 Å². The first-order chi connectivity index (χ1) is 15.1. The molecule has 1 aliphatic heterocycles. The molecule has 0 radical (unpaired) electrons. The number of fused-ring (bicyclic) bond motifs is 4. The van der Waals surface area contributed by atoms with E-state index in [2.05, 4.69) is 6.92 Å². The number of aliphatic hydroxyl groups is 1. The molecule has 1 heterocycles. The minimum atomic E-state index is -0.907. The van der Waals surface area contributed by atoms with Gasteiger partial charge in [0.25, 0.3) is 0 Å². The number of allylic oxidation sites excluding steroid dienone is 1. The van der Waals surface area contributed by atoms with Gasteiger partial charge >= 0.3 is 5.97 Å². The van der Waals surface area contributed by atoms with Crippen LogP contribution in [0.15, 0.2) is 11.1 Å². The second-order valence-electron chi connectivity index (χ2n) is 12.8. The number of carbonyl (C=O) groups excluding carboxylic acids is 4. The normalized spacial score (nSPS) is 49.0. The number of Topliss-reactive ketones (excluding diaryl/α,β-unsaturated/α-hetero) is 3. The summed E-state index contributed by atoms with van der Waals surface area (Å²) >= 11 is 0. The van der Waals surface area contributed by atoms with Crippen LogP contribution in [0.25, 0.3) is 0 Å². The first kappa shape index (κ1) is 22.9. The molecule has 7 unspecified atom stereocenters. The maximum absolute atomic E-state index is 14.0. The van der Waals surface area contributed by atoms with E-state index < -0.39 is 33.4 Å². The number of cyclic esters (lactones) is 1. The molecule has 0 aromatic heterocycles. The number of ketones is 3. The number of hydrogen-bond acceptors (Lipinski definition) is 6. The summed E-state index contributed by atoms with van der Waals surface area (Å²) in [5.74, 6) is -0.690. The van der Waals surface area contributed by atoms with Crippen LogP contribution in [0, 0.1) is 33.5 Å². The van der Waals surface area contributed by atoms with Crippen LogP contribution < -0.4 is 0 Å². The summed E-state index contributed by atoms with van der Waals surface area (Å²) < 4.78 is 5.78. The molecule has 0 spiro atoms. The standard InChI is InChI=1S/C27H36O6/c1-23(2)16-11-14(28)22-21(24(16,3)9-7-18(23)30)15(29)13-25(4)17(12-19(31)27(22,25)6)26(5)10-8-20(32)33-26/h16-17,19,31H,7-13H2,1-6H3. The lowest BCUT2D eigenvalue weighted by molar-refractivity contribution is -0.159. The third-order valence-corrected chi connectivity index (χ3v) is 11.0. The van der Waals surface area contributed by atoms with E-state index in [1.54, 1.807) is 0 Å². The number of aliphatic hydroxyl groups excluding tert-OH is 1. The van der Waals surface area contributed by atoms with Crippen LogP contribution in [0.2, 0.25) is 0 Å². The minimum absolute atomic E-state index is 0.0392. The Kier molecular flexibility index (Phi) is 4.48. The van der Waals surface area contributed by atoms with Crippen LogP contribution in [0.5, 0.6) is 0 Å². The third kappa shape index (κ3) is 2.54. The van der Waals surface area contributed by atoms with E-state index in [0.717, 1.165) is 0 Å². The molecule has 180 valence electrons. The summed E-state index contributed by atoms with van der Waals surface area (Å²) in [7, 11) is 0. The Morgan fingerprint density at radius 2 is 1.52 bits per heavy atom. The summed E-state index contributed by atoms with van der Waals surface area (Å²) in [5.41, 5.74) is -2.55. The van der Waals surface area contributed by atoms with Crippen molar-refractivity contribution in [3.63, 3.8) is 0 Å². The summed E-state index contributed by atoms with van der Waals surface area (Å²) in [4.78, 5) is 52.6. The van der Waals surface area contributed by atoms with Crippen LogP contribution in [0.3, 0.4) is 0 Å². The fourth-order valence-corrected chi connectivity index (χ4v) is 8.88. The SMILES string of the molecule is CC1(C2CC(O)C3(C)C4=C(C(=O)CC23C)C2(C)CCC(=O)C(C)(C)C2CC4=O)CCC(=O)O1. The van der Waals surface area contributed by atoms with E-state index in [1.165, 1.54) is 0 Å². The predicted octanol–water partition coefficient (Wildman–Crippen LogP) is 3.73. The zero-order valence-electron chi connectivity index (χ0n) is 20.7. The van der Waals surface area contributed by atoms with Crippen molar-refractivity contribution >= 4 is 23.3 Å². The molecular formula is C27H36O6. The van der Waals surface area contributed by atoms with Gasteiger partial charge < -0.3 is 9.84 Å². The number of carbonyl (C=O) groups is 4. The van der Waals surface area contributed by atoms with Gasteiger partial charge in [-0.1, -0.05) is 34.6 Å². The van der Waals surface area contributed by atoms with Crippen molar-refractivity contribution in [1.29, 1.82) is 0 Å². The number of esters is 1. The third-order valence-electron chi connectivity index (χ3n) is 11.0. The van der Waals surface area contributed by atoms with Gasteiger partial charge in [0.2, 0.25) is 0 Å². The van der Waals surface area contributed by atoms with Gasteiger partial charge in [-0.25, -0.2) is 0 Å². The Morgan fingerprint density at radius 1 is 0.848 bits per heavy atom. The molecule has 4 aliphatic carbocycles. The molecule has 5 aliphatic rings. The lowest BCUT2D eigenvalue weighted by atomic mass is 9.42. The van der Waals surface area contributed by atoms with Gasteiger partial charge in [0, 0.05) is 59.0 Å². The Bertz CT molecular complexity index is 1040. The number of ether oxygens (including phenoxy) is 1. The Balaban J connectivity index is 1.70. The average molecular weight is 457 g/mol. The highest BCUT2D eigenvalue weighted by atomic mass is 16.6. The average Bonchev–Trinajstić information content (AvgIpc) is 3.16. The molecule has 5 rings (SSSR count). The van der Waals surface area contributed by atoms with Crippen molar-refractivity contribution < 1.29 is 29.0 Å². The van der Waals surface area contributed by atoms with E-state index in [0.29, 0.717) is 43.3 Å². The summed E-state index contributed by atoms with van der Waals surface area (Å²) in [6.07, 6.45) is 1.84. The highest BCUT2D eigenvalue weighted by Gasteiger charge is 2.72. The molecule has 0 aromatic rings. The quantitative estimate of drug-likeness (QED) is 0.604. The van der Waals surface area contributed by atoms with Crippen LogP contribution in [-0.2, 0) is 23.9 Å². The maximum Gasteiger partial charge on any atom is 0.306 e. The monoisotopic (exact) mass is 456 g/mol. The van der Waals surface area contributed by atoms with Gasteiger partial charge in [-0.2, -0.15) is 0 Å². The Morgan fingerprint density at radius 3 is 2.12 bits per heavy atom. The van der Waals surface area contributed by atoms with Crippen molar-refractivity contribution in [2.24, 2.45) is 33.5 Å². The van der Waals surface area contributed by atoms with Gasteiger partial charge in [-0.15, -0.1) is 0 Å². The van der Waals surface area contributed by atoms with Crippen molar-refractivity contribution in [3.8, 4) is 0 Å². The van der Waals surface area contributed by atoms with Gasteiger partial charge in [0.1, 0.15) is 11.4 Å². The molecule has 2 saturated carbocycles. The van der Waals surface area contributed by atoms with Crippen molar-refractivity contribution in [2.45, 2.75) is 98.2 Å². The molecule has 1 N–H and O–H groups in total. The zero-order chi connectivity index (χ0) is 24.4. The fraction of sp³-hybridized carbons (Fsp3) is 0.778. The number of hydrogen-bond donors (Lipinski definition) is 1. The smallest absolute Gasteiger partial charge is 0.306 e. The first-order valence-corrected chi connectivity index (χ1v) is 12.4. The molecular weight excluding hydrogens is 420 g/mol. The minimum Gasteiger partial charge on any atom is -0.459 e. The first-order valence-electron chi connectivity index (χ1n) is 12.4. The lowest BCUT2D eigenvalue weighted by Crippen LogP contribution is -2.60. The van der Waals surface area contributed by atoms with Crippen molar-refractivity contribution in [3.05, 3.63) is 11.1 Å². The number of rotatable bonds is 1. The lowest BCUT2D eigenvalue weighted by Gasteiger charge is -2.59. The Labute approximate surface area is 195 Å². The topological polar surface area (TPSA) is 97.7 Å². The highest BCUT2D eigenvalue weighted by molar-refractivity contribution is 6.12. The molecule has 3 fully saturated rings. The molecule has 33 heavy (non-hydrogen) atoms. The Hall–Kier alpha value is -1.82. The fourth-order valence-electron chi connectivity index (χ4n) is 8.88. The molecule has 7 atom stereocenters. The van der Waals surface area contributed by atoms with Gasteiger partial charge in [0.15, 0.2) is 11.6 Å². The maximum atomic E-state index is 14.0. The van der Waals surface area contributed by atoms with E-state index in [1.807, 2.05) is 34.6 Å². The second kappa shape index (κ2) is 6.44. The van der Waals surface area contributed by atoms with Gasteiger partial charge in [-0.05, 0) is 37.5 Å². The molecule has 0 amide bonds. The van der Waals surface area contributed by atoms with Gasteiger partial charge in [0.05, 0.1) is 6.10 Å². The van der Waals surface area contributed by atoms with Crippen LogP contribution >= 0.6 is 0 Å². The van der Waals surface area contributed by atoms with Gasteiger partial charge in [-0.3, -0.25) is 19.2 Å². The molecule has 1 saturated heterocycles. The summed E-state index contributed by atoms with van der Waals surface area (Å²) in [6.45, 7) is 11.7. The molecule has 6 nitrogen and oxygen atoms in total. The van der Waals surface area contributed by atoms with Crippen LogP contribution in [-0.4, -0.2) is 40.1 Å². The van der Waals surface area contributed by atoms with Crippen molar-refractivity contribution in [1.82, 2.24) is 0 Å². The summed E-state index contributed by atoms with van der Waals surface area (Å²) in [6, 6.07) is 0. The molecule has 0 bridgehead atoms. The van der Waals surface area contributed by atoms with E-state index in [-0.39, 0.29) is 48.0 Å². The molecule has 6 heteroatoms. The van der Waals surface area contributed by atoms with E-state index in [9.17, 15) is 24.3 Å². The van der Waals surface area contributed by atoms with E-state index in [4.69, 9.17) is 4.74 Å².